The average Bonchev–Trinajstić information content (AvgIpc) is 2.31. The molecule has 0 saturated carbocycles. The van der Waals surface area contributed by atoms with Gasteiger partial charge in [-0.05, 0) is 12.8 Å². The molecule has 6 heteroatoms. The number of aromatic nitrogens is 2. The predicted molar refractivity (Wildman–Crippen MR) is 71.9 cm³/mol. The molecule has 0 aromatic carbocycles. The number of ether oxygens (including phenoxy) is 2. The topological polar surface area (TPSA) is 82.3 Å². The molecule has 0 spiro atoms. The van der Waals surface area contributed by atoms with E-state index >= 15 is 0 Å². The number of hydrogen-bond donors (Lipinski definition) is 2. The van der Waals surface area contributed by atoms with Crippen molar-refractivity contribution in [1.29, 1.82) is 0 Å². The molecule has 3 N–H and O–H groups in total. The van der Waals surface area contributed by atoms with E-state index in [9.17, 15) is 0 Å². The van der Waals surface area contributed by atoms with Crippen LogP contribution >= 0.6 is 0 Å². The largest absolute Gasteiger partial charge is 0.476 e. The molecule has 0 aliphatic rings. The van der Waals surface area contributed by atoms with Crippen molar-refractivity contribution >= 4 is 11.5 Å². The van der Waals surface area contributed by atoms with Crippen LogP contribution in [0.4, 0.5) is 11.5 Å². The van der Waals surface area contributed by atoms with Crippen LogP contribution in [0.3, 0.4) is 0 Å². The lowest BCUT2D eigenvalue weighted by Crippen LogP contribution is -2.14. The van der Waals surface area contributed by atoms with Crippen molar-refractivity contribution in [3.63, 3.8) is 0 Å². The van der Waals surface area contributed by atoms with E-state index in [0.717, 1.165) is 0 Å². The highest BCUT2D eigenvalue weighted by Gasteiger charge is 2.11. The molecule has 1 aromatic rings. The third-order valence-corrected chi connectivity index (χ3v) is 2.17. The van der Waals surface area contributed by atoms with Crippen molar-refractivity contribution in [2.75, 3.05) is 37.9 Å². The van der Waals surface area contributed by atoms with Crippen LogP contribution in [0.15, 0.2) is 0 Å². The zero-order valence-electron chi connectivity index (χ0n) is 11.5. The van der Waals surface area contributed by atoms with E-state index in [2.05, 4.69) is 29.1 Å². The summed E-state index contributed by atoms with van der Waals surface area (Å²) >= 11 is 0. The molecule has 0 bridgehead atoms. The number of nitrogens with zero attached hydrogens (tertiary/aromatic N) is 2. The SMILES string of the molecule is COCCNc1nc(C)nc(OCC(C)C)c1N. The van der Waals surface area contributed by atoms with Gasteiger partial charge in [0.05, 0.1) is 13.2 Å². The van der Waals surface area contributed by atoms with E-state index in [1.54, 1.807) is 7.11 Å². The smallest absolute Gasteiger partial charge is 0.242 e. The van der Waals surface area contributed by atoms with Crippen molar-refractivity contribution in [2.24, 2.45) is 5.92 Å². The van der Waals surface area contributed by atoms with Gasteiger partial charge in [-0.2, -0.15) is 4.98 Å². The maximum atomic E-state index is 5.97. The minimum Gasteiger partial charge on any atom is -0.476 e. The molecule has 0 fully saturated rings. The first-order chi connectivity index (χ1) is 8.54. The van der Waals surface area contributed by atoms with Gasteiger partial charge in [-0.1, -0.05) is 13.8 Å². The Bertz CT molecular complexity index is 383. The Morgan fingerprint density at radius 1 is 1.33 bits per heavy atom. The molecule has 1 aromatic heterocycles. The number of nitrogens with one attached hydrogen (secondary N) is 1. The summed E-state index contributed by atoms with van der Waals surface area (Å²) in [5, 5.41) is 3.10. The predicted octanol–water partition coefficient (Wildman–Crippen LogP) is 1.46. The summed E-state index contributed by atoms with van der Waals surface area (Å²) in [6.45, 7) is 7.76. The van der Waals surface area contributed by atoms with Gasteiger partial charge >= 0.3 is 0 Å². The van der Waals surface area contributed by atoms with Crippen molar-refractivity contribution in [1.82, 2.24) is 9.97 Å². The number of aryl methyl sites for hydroxylation is 1. The zero-order valence-corrected chi connectivity index (χ0v) is 11.5. The zero-order chi connectivity index (χ0) is 13.5. The fraction of sp³-hybridized carbons (Fsp3) is 0.667. The Balaban J connectivity index is 2.78. The van der Waals surface area contributed by atoms with Crippen LogP contribution in [0.2, 0.25) is 0 Å². The molecular weight excluding hydrogens is 232 g/mol. The van der Waals surface area contributed by atoms with Gasteiger partial charge in [0.15, 0.2) is 5.82 Å². The number of nitrogens with two attached hydrogens (primary N) is 1. The average molecular weight is 254 g/mol. The van der Waals surface area contributed by atoms with Gasteiger partial charge in [-0.3, -0.25) is 0 Å². The second-order valence-electron chi connectivity index (χ2n) is 4.46. The lowest BCUT2D eigenvalue weighted by molar-refractivity contribution is 0.210. The summed E-state index contributed by atoms with van der Waals surface area (Å²) in [5.41, 5.74) is 6.41. The van der Waals surface area contributed by atoms with E-state index in [0.29, 0.717) is 48.9 Å². The molecule has 0 radical (unpaired) electrons. The van der Waals surface area contributed by atoms with E-state index in [-0.39, 0.29) is 0 Å². The molecule has 102 valence electrons. The molecule has 0 aliphatic heterocycles. The van der Waals surface area contributed by atoms with Gasteiger partial charge in [0.2, 0.25) is 5.88 Å². The minimum absolute atomic E-state index is 0.421. The first-order valence-electron chi connectivity index (χ1n) is 6.04. The van der Waals surface area contributed by atoms with Crippen molar-refractivity contribution < 1.29 is 9.47 Å². The summed E-state index contributed by atoms with van der Waals surface area (Å²) in [7, 11) is 1.65. The van der Waals surface area contributed by atoms with E-state index < -0.39 is 0 Å². The van der Waals surface area contributed by atoms with Crippen LogP contribution in [0, 0.1) is 12.8 Å². The molecule has 0 atom stereocenters. The van der Waals surface area contributed by atoms with Crippen LogP contribution in [0.5, 0.6) is 5.88 Å². The number of hydrogen-bond acceptors (Lipinski definition) is 6. The van der Waals surface area contributed by atoms with Crippen LogP contribution in [-0.4, -0.2) is 36.8 Å². The van der Waals surface area contributed by atoms with Gasteiger partial charge in [0, 0.05) is 13.7 Å². The fourth-order valence-electron chi connectivity index (χ4n) is 1.32. The number of rotatable bonds is 7. The first-order valence-corrected chi connectivity index (χ1v) is 6.04. The Morgan fingerprint density at radius 2 is 2.06 bits per heavy atom. The van der Waals surface area contributed by atoms with Crippen molar-refractivity contribution in [2.45, 2.75) is 20.8 Å². The van der Waals surface area contributed by atoms with E-state index in [1.165, 1.54) is 0 Å². The highest BCUT2D eigenvalue weighted by molar-refractivity contribution is 5.66. The second-order valence-corrected chi connectivity index (χ2v) is 4.46. The maximum Gasteiger partial charge on any atom is 0.242 e. The molecule has 0 amide bonds. The van der Waals surface area contributed by atoms with Gasteiger partial charge in [0.25, 0.3) is 0 Å². The molecule has 0 unspecified atom stereocenters. The fourth-order valence-corrected chi connectivity index (χ4v) is 1.32. The standard InChI is InChI=1S/C12H22N4O2/c1-8(2)7-18-12-10(13)11(14-5-6-17-4)15-9(3)16-12/h8H,5-7,13H2,1-4H3,(H,14,15,16). The van der Waals surface area contributed by atoms with E-state index in [4.69, 9.17) is 15.2 Å². The third-order valence-electron chi connectivity index (χ3n) is 2.17. The van der Waals surface area contributed by atoms with E-state index in [1.807, 2.05) is 6.92 Å². The van der Waals surface area contributed by atoms with Crippen LogP contribution in [0.1, 0.15) is 19.7 Å². The van der Waals surface area contributed by atoms with Gasteiger partial charge in [-0.15, -0.1) is 0 Å². The maximum absolute atomic E-state index is 5.97. The molecule has 0 aliphatic carbocycles. The van der Waals surface area contributed by atoms with Gasteiger partial charge in [0.1, 0.15) is 11.5 Å². The molecule has 18 heavy (non-hydrogen) atoms. The molecule has 1 heterocycles. The number of anilines is 2. The summed E-state index contributed by atoms with van der Waals surface area (Å²) in [6, 6.07) is 0. The molecule has 6 nitrogen and oxygen atoms in total. The Labute approximate surface area is 108 Å². The minimum atomic E-state index is 0.421. The quantitative estimate of drug-likeness (QED) is 0.717. The van der Waals surface area contributed by atoms with Crippen LogP contribution in [0.25, 0.3) is 0 Å². The summed E-state index contributed by atoms with van der Waals surface area (Å²) in [4.78, 5) is 8.45. The lowest BCUT2D eigenvalue weighted by atomic mass is 10.2. The summed E-state index contributed by atoms with van der Waals surface area (Å²) in [6.07, 6.45) is 0. The van der Waals surface area contributed by atoms with Crippen molar-refractivity contribution in [3.8, 4) is 5.88 Å². The highest BCUT2D eigenvalue weighted by atomic mass is 16.5. The lowest BCUT2D eigenvalue weighted by Gasteiger charge is -2.14. The molecule has 1 rings (SSSR count). The third kappa shape index (κ3) is 4.37. The highest BCUT2D eigenvalue weighted by Crippen LogP contribution is 2.26. The Morgan fingerprint density at radius 3 is 2.67 bits per heavy atom. The van der Waals surface area contributed by atoms with Crippen LogP contribution < -0.4 is 15.8 Å². The van der Waals surface area contributed by atoms with Crippen LogP contribution in [-0.2, 0) is 4.74 Å². The summed E-state index contributed by atoms with van der Waals surface area (Å²) < 4.78 is 10.5. The first kappa shape index (κ1) is 14.5. The Kier molecular flexibility index (Phi) is 5.64. The van der Waals surface area contributed by atoms with Gasteiger partial charge < -0.3 is 20.5 Å². The number of methoxy groups -OCH3 is 1. The monoisotopic (exact) mass is 254 g/mol. The Hall–Kier alpha value is -1.56. The second kappa shape index (κ2) is 7.00. The summed E-state index contributed by atoms with van der Waals surface area (Å²) in [5.74, 6) is 2.09. The van der Waals surface area contributed by atoms with Crippen molar-refractivity contribution in [3.05, 3.63) is 5.82 Å². The number of nitrogen functional groups attached to an aromatic ring is 1. The normalized spacial score (nSPS) is 10.7. The van der Waals surface area contributed by atoms with Gasteiger partial charge in [-0.25, -0.2) is 4.98 Å². The molecule has 0 saturated heterocycles. The molecular formula is C12H22N4O2.